The first-order valence-corrected chi connectivity index (χ1v) is 5.07. The predicted octanol–water partition coefficient (Wildman–Crippen LogP) is 2.41. The van der Waals surface area contributed by atoms with Gasteiger partial charge in [0.1, 0.15) is 10.6 Å². The molecule has 0 aromatic carbocycles. The third-order valence-electron chi connectivity index (χ3n) is 1.37. The predicted molar refractivity (Wildman–Crippen MR) is 42.5 cm³/mol. The Morgan fingerprint density at radius 2 is 1.80 bits per heavy atom. The minimum atomic E-state index is -5.16. The highest BCUT2D eigenvalue weighted by Gasteiger charge is 2.33. The Morgan fingerprint density at radius 1 is 1.27 bits per heavy atom. The van der Waals surface area contributed by atoms with E-state index in [1.54, 1.807) is 0 Å². The SMILES string of the molecule is O=S(=O)(F)c1ccc(C(F)(F)F)nc1Cl. The molecule has 0 unspecified atom stereocenters. The van der Waals surface area contributed by atoms with Crippen LogP contribution in [0, 0.1) is 0 Å². The van der Waals surface area contributed by atoms with E-state index in [4.69, 9.17) is 11.6 Å². The van der Waals surface area contributed by atoms with Gasteiger partial charge in [-0.2, -0.15) is 21.6 Å². The average Bonchev–Trinajstić information content (AvgIpc) is 1.99. The number of nitrogens with zero attached hydrogens (tertiary/aromatic N) is 1. The molecule has 0 aliphatic heterocycles. The Labute approximate surface area is 86.9 Å². The lowest BCUT2D eigenvalue weighted by Gasteiger charge is -2.06. The van der Waals surface area contributed by atoms with E-state index >= 15 is 0 Å². The third kappa shape index (κ3) is 2.78. The van der Waals surface area contributed by atoms with Crippen LogP contribution in [0.25, 0.3) is 0 Å². The van der Waals surface area contributed by atoms with E-state index in [1.807, 2.05) is 0 Å². The zero-order valence-corrected chi connectivity index (χ0v) is 8.29. The zero-order chi connectivity index (χ0) is 11.9. The fourth-order valence-electron chi connectivity index (χ4n) is 0.761. The molecular weight excluding hydrogens is 262 g/mol. The highest BCUT2D eigenvalue weighted by Crippen LogP contribution is 2.30. The highest BCUT2D eigenvalue weighted by molar-refractivity contribution is 7.86. The molecule has 3 nitrogen and oxygen atoms in total. The zero-order valence-electron chi connectivity index (χ0n) is 6.72. The van der Waals surface area contributed by atoms with Crippen LogP contribution in [0.15, 0.2) is 17.0 Å². The van der Waals surface area contributed by atoms with Gasteiger partial charge in [-0.05, 0) is 12.1 Å². The molecule has 9 heteroatoms. The van der Waals surface area contributed by atoms with Crippen molar-refractivity contribution in [1.82, 2.24) is 4.98 Å². The average molecular weight is 264 g/mol. The monoisotopic (exact) mass is 263 g/mol. The second-order valence-corrected chi connectivity index (χ2v) is 4.09. The normalized spacial score (nSPS) is 12.9. The van der Waals surface area contributed by atoms with E-state index in [1.165, 1.54) is 0 Å². The van der Waals surface area contributed by atoms with Crippen LogP contribution in [0.2, 0.25) is 5.15 Å². The van der Waals surface area contributed by atoms with Gasteiger partial charge in [-0.15, -0.1) is 3.89 Å². The molecule has 0 spiro atoms. The molecule has 1 rings (SSSR count). The lowest BCUT2D eigenvalue weighted by atomic mass is 10.3. The van der Waals surface area contributed by atoms with Crippen LogP contribution in [-0.2, 0) is 16.4 Å². The quantitative estimate of drug-likeness (QED) is 0.444. The first kappa shape index (κ1) is 12.2. The van der Waals surface area contributed by atoms with Crippen LogP contribution in [0.3, 0.4) is 0 Å². The lowest BCUT2D eigenvalue weighted by molar-refractivity contribution is -0.141. The Bertz CT molecular complexity index is 484. The van der Waals surface area contributed by atoms with Crippen molar-refractivity contribution in [3.05, 3.63) is 23.0 Å². The minimum Gasteiger partial charge on any atom is -0.230 e. The molecule has 15 heavy (non-hydrogen) atoms. The molecule has 1 aromatic rings. The van der Waals surface area contributed by atoms with E-state index in [0.29, 0.717) is 12.1 Å². The molecule has 0 aliphatic carbocycles. The molecule has 84 valence electrons. The van der Waals surface area contributed by atoms with Gasteiger partial charge in [0.25, 0.3) is 0 Å². The Hall–Kier alpha value is -0.890. The molecule has 1 aromatic heterocycles. The Morgan fingerprint density at radius 3 is 2.13 bits per heavy atom. The summed E-state index contributed by atoms with van der Waals surface area (Å²) in [5, 5.41) is -1.05. The molecule has 0 bridgehead atoms. The van der Waals surface area contributed by atoms with Crippen molar-refractivity contribution in [3.8, 4) is 0 Å². The number of alkyl halides is 3. The van der Waals surface area contributed by atoms with Crippen LogP contribution in [0.5, 0.6) is 0 Å². The maximum Gasteiger partial charge on any atom is 0.433 e. The number of hydrogen-bond donors (Lipinski definition) is 0. The van der Waals surface area contributed by atoms with Gasteiger partial charge in [-0.25, -0.2) is 4.98 Å². The molecule has 0 amide bonds. The summed E-state index contributed by atoms with van der Waals surface area (Å²) in [6.45, 7) is 0. The maximum absolute atomic E-state index is 12.4. The Balaban J connectivity index is 3.34. The van der Waals surface area contributed by atoms with Gasteiger partial charge in [0.2, 0.25) is 0 Å². The largest absolute Gasteiger partial charge is 0.433 e. The summed E-state index contributed by atoms with van der Waals surface area (Å²) in [7, 11) is -5.16. The number of halogens is 5. The highest BCUT2D eigenvalue weighted by atomic mass is 35.5. The van der Waals surface area contributed by atoms with Gasteiger partial charge in [0, 0.05) is 0 Å². The van der Waals surface area contributed by atoms with Gasteiger partial charge in [0.05, 0.1) is 0 Å². The number of pyridine rings is 1. The number of rotatable bonds is 1. The molecule has 1 heterocycles. The molecule has 0 saturated carbocycles. The molecule has 0 atom stereocenters. The number of hydrogen-bond acceptors (Lipinski definition) is 3. The summed E-state index contributed by atoms with van der Waals surface area (Å²) in [5.41, 5.74) is -1.39. The molecule has 0 radical (unpaired) electrons. The molecule has 0 saturated heterocycles. The van der Waals surface area contributed by atoms with E-state index in [0.717, 1.165) is 0 Å². The standard InChI is InChI=1S/C6H2ClF4NO2S/c7-5-3(15(11,13)14)1-2-4(12-5)6(8,9)10/h1-2H. The van der Waals surface area contributed by atoms with Crippen molar-refractivity contribution >= 4 is 21.8 Å². The third-order valence-corrected chi connectivity index (χ3v) is 2.62. The van der Waals surface area contributed by atoms with Gasteiger partial charge >= 0.3 is 16.4 Å². The summed E-state index contributed by atoms with van der Waals surface area (Å²) in [6.07, 6.45) is -4.76. The van der Waals surface area contributed by atoms with Gasteiger partial charge in [0.15, 0.2) is 5.15 Å². The van der Waals surface area contributed by atoms with E-state index in [-0.39, 0.29) is 0 Å². The molecule has 0 aliphatic rings. The van der Waals surface area contributed by atoms with Crippen molar-refractivity contribution in [2.24, 2.45) is 0 Å². The van der Waals surface area contributed by atoms with E-state index < -0.39 is 32.1 Å². The van der Waals surface area contributed by atoms with Crippen LogP contribution >= 0.6 is 11.6 Å². The van der Waals surface area contributed by atoms with Crippen molar-refractivity contribution in [3.63, 3.8) is 0 Å². The topological polar surface area (TPSA) is 47.0 Å². The van der Waals surface area contributed by atoms with Crippen molar-refractivity contribution in [1.29, 1.82) is 0 Å². The molecular formula is C6H2ClF4NO2S. The lowest BCUT2D eigenvalue weighted by Crippen LogP contribution is -2.09. The maximum atomic E-state index is 12.4. The van der Waals surface area contributed by atoms with Gasteiger partial charge < -0.3 is 0 Å². The second kappa shape index (κ2) is 3.60. The fourth-order valence-corrected chi connectivity index (χ4v) is 1.67. The van der Waals surface area contributed by atoms with E-state index in [2.05, 4.69) is 4.98 Å². The summed E-state index contributed by atoms with van der Waals surface area (Å²) in [5.74, 6) is 0. The first-order valence-electron chi connectivity index (χ1n) is 3.31. The minimum absolute atomic E-state index is 0.332. The summed E-state index contributed by atoms with van der Waals surface area (Å²) < 4.78 is 69.2. The fraction of sp³-hybridized carbons (Fsp3) is 0.167. The van der Waals surface area contributed by atoms with Crippen molar-refractivity contribution < 1.29 is 25.5 Å². The summed E-state index contributed by atoms with van der Waals surface area (Å²) in [6, 6.07) is 0.742. The second-order valence-electron chi connectivity index (χ2n) is 2.42. The van der Waals surface area contributed by atoms with Gasteiger partial charge in [-0.3, -0.25) is 0 Å². The molecule has 0 N–H and O–H groups in total. The smallest absolute Gasteiger partial charge is 0.230 e. The first-order chi connectivity index (χ1) is 6.62. The van der Waals surface area contributed by atoms with Crippen LogP contribution in [0.4, 0.5) is 17.1 Å². The van der Waals surface area contributed by atoms with Crippen LogP contribution in [0.1, 0.15) is 5.69 Å². The van der Waals surface area contributed by atoms with Crippen molar-refractivity contribution in [2.75, 3.05) is 0 Å². The molecule has 0 fully saturated rings. The van der Waals surface area contributed by atoms with E-state index in [9.17, 15) is 25.5 Å². The van der Waals surface area contributed by atoms with Crippen LogP contribution in [-0.4, -0.2) is 13.4 Å². The summed E-state index contributed by atoms with van der Waals surface area (Å²) >= 11 is 5.09. The van der Waals surface area contributed by atoms with Gasteiger partial charge in [-0.1, -0.05) is 11.6 Å². The summed E-state index contributed by atoms with van der Waals surface area (Å²) in [4.78, 5) is 1.65. The van der Waals surface area contributed by atoms with Crippen molar-refractivity contribution in [2.45, 2.75) is 11.1 Å². The van der Waals surface area contributed by atoms with Crippen LogP contribution < -0.4 is 0 Å². The number of aromatic nitrogens is 1. The Kier molecular flexibility index (Phi) is 2.92.